The third-order valence-electron chi connectivity index (χ3n) is 5.12. The van der Waals surface area contributed by atoms with Gasteiger partial charge in [0.2, 0.25) is 5.96 Å². The zero-order valence-electron chi connectivity index (χ0n) is 15.1. The summed E-state index contributed by atoms with van der Waals surface area (Å²) in [5.74, 6) is 1.07. The highest BCUT2D eigenvalue weighted by Crippen LogP contribution is 2.37. The van der Waals surface area contributed by atoms with Gasteiger partial charge in [-0.2, -0.15) is 0 Å². The number of imide groups is 1. The Morgan fingerprint density at radius 3 is 2.85 bits per heavy atom. The molecule has 2 saturated heterocycles. The summed E-state index contributed by atoms with van der Waals surface area (Å²) in [6.07, 6.45) is 1.00. The number of carbonyl (C=O) groups is 2. The summed E-state index contributed by atoms with van der Waals surface area (Å²) >= 11 is 6.18. The molecule has 9 heteroatoms. The smallest absolute Gasteiger partial charge is 0.328 e. The van der Waals surface area contributed by atoms with E-state index < -0.39 is 12.2 Å². The molecule has 3 aliphatic heterocycles. The van der Waals surface area contributed by atoms with Crippen molar-refractivity contribution in [3.8, 4) is 5.75 Å². The molecule has 0 radical (unpaired) electrons. The molecule has 2 atom stereocenters. The number of anilines is 1. The van der Waals surface area contributed by atoms with Crippen LogP contribution in [0.2, 0.25) is 5.02 Å². The SMILES string of the molecule is C=CCN1C(=O)C2C(N=C3N(c4cc(Cl)ccc4OC)CCN32)N(C)C1=O. The number of guanidine groups is 1. The Bertz CT molecular complexity index is 857. The lowest BCUT2D eigenvalue weighted by Crippen LogP contribution is -2.64. The van der Waals surface area contributed by atoms with Gasteiger partial charge in [0.15, 0.2) is 12.2 Å². The van der Waals surface area contributed by atoms with Gasteiger partial charge in [0.25, 0.3) is 5.91 Å². The van der Waals surface area contributed by atoms with E-state index in [1.54, 1.807) is 32.4 Å². The second-order valence-electron chi connectivity index (χ2n) is 6.58. The third kappa shape index (κ3) is 2.55. The fraction of sp³-hybridized carbons (Fsp3) is 0.389. The molecule has 0 saturated carbocycles. The first-order chi connectivity index (χ1) is 13.0. The maximum Gasteiger partial charge on any atom is 0.328 e. The van der Waals surface area contributed by atoms with Crippen molar-refractivity contribution in [2.75, 3.05) is 38.7 Å². The van der Waals surface area contributed by atoms with Crippen LogP contribution in [-0.4, -0.2) is 78.6 Å². The van der Waals surface area contributed by atoms with E-state index >= 15 is 0 Å². The molecule has 27 heavy (non-hydrogen) atoms. The molecule has 142 valence electrons. The number of carbonyl (C=O) groups excluding carboxylic acids is 2. The Morgan fingerprint density at radius 1 is 1.37 bits per heavy atom. The van der Waals surface area contributed by atoms with Gasteiger partial charge in [0.05, 0.1) is 12.8 Å². The molecule has 2 unspecified atom stereocenters. The minimum absolute atomic E-state index is 0.181. The summed E-state index contributed by atoms with van der Waals surface area (Å²) < 4.78 is 5.46. The number of ether oxygens (including phenoxy) is 1. The highest BCUT2D eigenvalue weighted by molar-refractivity contribution is 6.31. The Morgan fingerprint density at radius 2 is 2.15 bits per heavy atom. The molecule has 1 aromatic rings. The molecule has 2 fully saturated rings. The first-order valence-corrected chi connectivity index (χ1v) is 9.00. The summed E-state index contributed by atoms with van der Waals surface area (Å²) in [7, 11) is 3.26. The van der Waals surface area contributed by atoms with E-state index in [0.29, 0.717) is 29.8 Å². The standard InChI is InChI=1S/C18H20ClN5O3/c1-4-7-24-16(25)14-15(21(2)18(24)26)20-17-22(8-9-23(14)17)12-10-11(19)5-6-13(12)27-3/h4-6,10,14-15H,1,7-9H2,2-3H3. The van der Waals surface area contributed by atoms with Gasteiger partial charge >= 0.3 is 6.03 Å². The van der Waals surface area contributed by atoms with Crippen molar-refractivity contribution in [3.05, 3.63) is 35.9 Å². The van der Waals surface area contributed by atoms with Gasteiger partial charge in [-0.15, -0.1) is 6.58 Å². The molecule has 8 nitrogen and oxygen atoms in total. The summed E-state index contributed by atoms with van der Waals surface area (Å²) in [6.45, 7) is 5.08. The predicted molar refractivity (Wildman–Crippen MR) is 102 cm³/mol. The fourth-order valence-electron chi connectivity index (χ4n) is 3.84. The van der Waals surface area contributed by atoms with Crippen molar-refractivity contribution in [1.29, 1.82) is 0 Å². The van der Waals surface area contributed by atoms with Gasteiger partial charge in [-0.1, -0.05) is 17.7 Å². The number of benzene rings is 1. The Hall–Kier alpha value is -2.74. The Kier molecular flexibility index (Phi) is 4.22. The topological polar surface area (TPSA) is 68.7 Å². The van der Waals surface area contributed by atoms with Crippen LogP contribution in [0, 0.1) is 0 Å². The highest BCUT2D eigenvalue weighted by atomic mass is 35.5. The van der Waals surface area contributed by atoms with Crippen molar-refractivity contribution in [2.45, 2.75) is 12.2 Å². The molecule has 3 amide bonds. The number of fused-ring (bicyclic) bond motifs is 3. The number of hydrogen-bond acceptors (Lipinski definition) is 6. The molecule has 3 heterocycles. The number of halogens is 1. The van der Waals surface area contributed by atoms with Crippen LogP contribution in [0.15, 0.2) is 35.8 Å². The van der Waals surface area contributed by atoms with E-state index in [2.05, 4.69) is 6.58 Å². The lowest BCUT2D eigenvalue weighted by molar-refractivity contribution is -0.136. The normalized spacial score (nSPS) is 24.2. The molecule has 0 aliphatic carbocycles. The fourth-order valence-corrected chi connectivity index (χ4v) is 4.00. The van der Waals surface area contributed by atoms with E-state index in [1.165, 1.54) is 9.80 Å². The van der Waals surface area contributed by atoms with Crippen LogP contribution >= 0.6 is 11.6 Å². The van der Waals surface area contributed by atoms with E-state index in [1.807, 2.05) is 15.9 Å². The van der Waals surface area contributed by atoms with Gasteiger partial charge in [-0.25, -0.2) is 9.79 Å². The Labute approximate surface area is 162 Å². The van der Waals surface area contributed by atoms with Crippen LogP contribution in [0.3, 0.4) is 0 Å². The monoisotopic (exact) mass is 389 g/mol. The van der Waals surface area contributed by atoms with Gasteiger partial charge in [-0.05, 0) is 18.2 Å². The summed E-state index contributed by atoms with van der Waals surface area (Å²) in [4.78, 5) is 36.9. The van der Waals surface area contributed by atoms with Crippen molar-refractivity contribution >= 4 is 35.2 Å². The van der Waals surface area contributed by atoms with Crippen LogP contribution in [-0.2, 0) is 4.79 Å². The Balaban J connectivity index is 1.71. The van der Waals surface area contributed by atoms with Crippen molar-refractivity contribution in [1.82, 2.24) is 14.7 Å². The molecule has 0 N–H and O–H groups in total. The van der Waals surface area contributed by atoms with Gasteiger partial charge in [-0.3, -0.25) is 9.69 Å². The number of likely N-dealkylation sites (N-methyl/N-ethyl adjacent to an activating group) is 1. The highest BCUT2D eigenvalue weighted by Gasteiger charge is 2.54. The average Bonchev–Trinajstić information content (AvgIpc) is 3.22. The van der Waals surface area contributed by atoms with E-state index in [9.17, 15) is 9.59 Å². The zero-order chi connectivity index (χ0) is 19.3. The first kappa shape index (κ1) is 17.7. The first-order valence-electron chi connectivity index (χ1n) is 8.62. The number of hydrogen-bond donors (Lipinski definition) is 0. The molecule has 0 bridgehead atoms. The van der Waals surface area contributed by atoms with Crippen LogP contribution in [0.1, 0.15) is 0 Å². The van der Waals surface area contributed by atoms with Gasteiger partial charge in [0.1, 0.15) is 5.75 Å². The molecule has 0 aromatic heterocycles. The third-order valence-corrected chi connectivity index (χ3v) is 5.36. The lowest BCUT2D eigenvalue weighted by atomic mass is 10.1. The quantitative estimate of drug-likeness (QED) is 0.732. The van der Waals surface area contributed by atoms with E-state index in [4.69, 9.17) is 21.3 Å². The number of urea groups is 1. The van der Waals surface area contributed by atoms with Crippen LogP contribution in [0.4, 0.5) is 10.5 Å². The number of rotatable bonds is 4. The largest absolute Gasteiger partial charge is 0.495 e. The zero-order valence-corrected chi connectivity index (χ0v) is 15.9. The maximum absolute atomic E-state index is 13.0. The van der Waals surface area contributed by atoms with E-state index in [0.717, 1.165) is 5.69 Å². The molecule has 0 spiro atoms. The molecular weight excluding hydrogens is 370 g/mol. The van der Waals surface area contributed by atoms with Crippen molar-refractivity contribution in [2.24, 2.45) is 4.99 Å². The van der Waals surface area contributed by atoms with Gasteiger partial charge in [0, 0.05) is 31.7 Å². The number of methoxy groups -OCH3 is 1. The van der Waals surface area contributed by atoms with Crippen molar-refractivity contribution < 1.29 is 14.3 Å². The molecule has 4 rings (SSSR count). The number of aliphatic imine (C=N–C) groups is 1. The lowest BCUT2D eigenvalue weighted by Gasteiger charge is -2.40. The summed E-state index contributed by atoms with van der Waals surface area (Å²) in [5, 5.41) is 0.584. The minimum atomic E-state index is -0.547. The molecule has 3 aliphatic rings. The van der Waals surface area contributed by atoms with Crippen molar-refractivity contribution in [3.63, 3.8) is 0 Å². The average molecular weight is 390 g/mol. The van der Waals surface area contributed by atoms with Gasteiger partial charge < -0.3 is 19.4 Å². The molecular formula is C18H20ClN5O3. The van der Waals surface area contributed by atoms with Crippen LogP contribution in [0.25, 0.3) is 0 Å². The van der Waals surface area contributed by atoms with Crippen LogP contribution in [0.5, 0.6) is 5.75 Å². The number of amides is 3. The number of nitrogens with zero attached hydrogens (tertiary/aromatic N) is 5. The molecule has 1 aromatic carbocycles. The second kappa shape index (κ2) is 6.45. The maximum atomic E-state index is 13.0. The summed E-state index contributed by atoms with van der Waals surface area (Å²) in [5.41, 5.74) is 0.786. The van der Waals surface area contributed by atoms with E-state index in [-0.39, 0.29) is 18.5 Å². The second-order valence-corrected chi connectivity index (χ2v) is 7.02. The summed E-state index contributed by atoms with van der Waals surface area (Å²) in [6, 6.07) is 4.48. The van der Waals surface area contributed by atoms with Crippen LogP contribution < -0.4 is 9.64 Å². The predicted octanol–water partition coefficient (Wildman–Crippen LogP) is 1.61. The minimum Gasteiger partial charge on any atom is -0.495 e.